The molecule has 0 unspecified atom stereocenters. The van der Waals surface area contributed by atoms with Gasteiger partial charge in [-0.2, -0.15) is 15.0 Å². The molecule has 2 amide bonds. The quantitative estimate of drug-likeness (QED) is 0.313. The van der Waals surface area contributed by atoms with E-state index in [0.29, 0.717) is 16.9 Å². The van der Waals surface area contributed by atoms with E-state index in [1.165, 1.54) is 20.3 Å². The van der Waals surface area contributed by atoms with Crippen LogP contribution in [0.2, 0.25) is 0 Å². The summed E-state index contributed by atoms with van der Waals surface area (Å²) < 4.78 is 11.0. The van der Waals surface area contributed by atoms with Crippen LogP contribution in [-0.4, -0.2) is 44.0 Å². The van der Waals surface area contributed by atoms with Crippen LogP contribution in [0.25, 0.3) is 11.2 Å². The van der Waals surface area contributed by atoms with Gasteiger partial charge in [-0.25, -0.2) is 9.78 Å². The van der Waals surface area contributed by atoms with Crippen molar-refractivity contribution in [3.63, 3.8) is 0 Å². The number of hydrogen-bond acceptors (Lipinski definition) is 9. The second-order valence-electron chi connectivity index (χ2n) is 6.99. The van der Waals surface area contributed by atoms with Crippen molar-refractivity contribution in [3.8, 4) is 11.6 Å². The van der Waals surface area contributed by atoms with Crippen LogP contribution in [0.3, 0.4) is 0 Å². The number of ether oxygens (including phenoxy) is 2. The summed E-state index contributed by atoms with van der Waals surface area (Å²) >= 11 is 0. The predicted octanol–water partition coefficient (Wildman–Crippen LogP) is 4.02. The number of nitrogens with one attached hydrogen (secondary N) is 2. The maximum absolute atomic E-state index is 12.3. The normalized spacial score (nSPS) is 10.9. The van der Waals surface area contributed by atoms with Gasteiger partial charge in [0.2, 0.25) is 11.8 Å². The highest BCUT2D eigenvalue weighted by atomic mass is 16.6. The highest BCUT2D eigenvalue weighted by Crippen LogP contribution is 2.23. The molecule has 0 atom stereocenters. The van der Waals surface area contributed by atoms with Crippen molar-refractivity contribution in [3.05, 3.63) is 66.5 Å². The Kier molecular flexibility index (Phi) is 6.68. The monoisotopic (exact) mass is 460 g/mol. The van der Waals surface area contributed by atoms with Gasteiger partial charge in [0.25, 0.3) is 5.95 Å². The summed E-state index contributed by atoms with van der Waals surface area (Å²) in [7, 11) is 1.37. The number of nitrogens with zero attached hydrogens (tertiary/aromatic N) is 6. The molecule has 0 bridgehead atoms. The molecule has 0 saturated carbocycles. The Morgan fingerprint density at radius 2 is 1.85 bits per heavy atom. The van der Waals surface area contributed by atoms with Gasteiger partial charge in [0.05, 0.1) is 6.33 Å². The van der Waals surface area contributed by atoms with Crippen molar-refractivity contribution in [2.24, 2.45) is 10.3 Å². The summed E-state index contributed by atoms with van der Waals surface area (Å²) in [4.78, 5) is 38.9. The second-order valence-corrected chi connectivity index (χ2v) is 6.99. The Morgan fingerprint density at radius 1 is 1.09 bits per heavy atom. The van der Waals surface area contributed by atoms with E-state index < -0.39 is 6.09 Å². The molecule has 0 spiro atoms. The number of H-pyrrole nitrogens is 1. The number of carbonyl (C=O) groups excluding carboxylic acids is 2. The van der Waals surface area contributed by atoms with E-state index in [0.717, 1.165) is 10.6 Å². The summed E-state index contributed by atoms with van der Waals surface area (Å²) in [6.45, 7) is 1.69. The molecule has 12 heteroatoms. The lowest BCUT2D eigenvalue weighted by Crippen LogP contribution is -2.24. The topological polar surface area (TPSA) is 147 Å². The van der Waals surface area contributed by atoms with Gasteiger partial charge in [0, 0.05) is 19.7 Å². The Hall–Kier alpha value is -4.87. The van der Waals surface area contributed by atoms with Crippen LogP contribution < -0.4 is 14.8 Å². The van der Waals surface area contributed by atoms with Gasteiger partial charge in [0.1, 0.15) is 17.9 Å². The van der Waals surface area contributed by atoms with Gasteiger partial charge in [0.15, 0.2) is 5.65 Å². The van der Waals surface area contributed by atoms with Crippen molar-refractivity contribution >= 4 is 34.8 Å². The molecule has 2 aromatic carbocycles. The number of aromatic amines is 1. The van der Waals surface area contributed by atoms with Crippen molar-refractivity contribution in [1.29, 1.82) is 0 Å². The Morgan fingerprint density at radius 3 is 2.59 bits per heavy atom. The van der Waals surface area contributed by atoms with E-state index in [-0.39, 0.29) is 30.1 Å². The molecule has 2 aromatic heterocycles. The number of hydrogen-bond donors (Lipinski definition) is 2. The molecule has 4 rings (SSSR count). The molecule has 0 aliphatic heterocycles. The number of imidazole rings is 1. The fourth-order valence-electron chi connectivity index (χ4n) is 2.79. The molecule has 2 N–H and O–H groups in total. The van der Waals surface area contributed by atoms with Crippen LogP contribution in [0.5, 0.6) is 11.6 Å². The maximum Gasteiger partial charge on any atom is 0.436 e. The Labute approximate surface area is 193 Å². The van der Waals surface area contributed by atoms with Crippen molar-refractivity contribution in [2.75, 3.05) is 12.4 Å². The molecule has 12 nitrogen and oxygen atoms in total. The molecule has 0 aliphatic rings. The predicted molar refractivity (Wildman–Crippen MR) is 122 cm³/mol. The van der Waals surface area contributed by atoms with E-state index >= 15 is 0 Å². The minimum atomic E-state index is -0.780. The fourth-order valence-corrected chi connectivity index (χ4v) is 2.79. The standard InChI is InChI=1S/C22H20N8O4/c1-14(31)25-16-8-10-17(11-9-16)34-22(32)30(2)29-28-21-26-19-18(23-13-24-19)20(27-21)33-12-15-6-4-3-5-7-15/h3-11,13H,12H2,1-2H3,(H,25,31)(H,23,24,26,27). The molecular formula is C22H20N8O4. The first kappa shape index (κ1) is 22.3. The van der Waals surface area contributed by atoms with Crippen molar-refractivity contribution in [2.45, 2.75) is 13.5 Å². The van der Waals surface area contributed by atoms with Crippen LogP contribution in [0, 0.1) is 0 Å². The first-order valence-corrected chi connectivity index (χ1v) is 10.1. The van der Waals surface area contributed by atoms with Crippen LogP contribution in [0.15, 0.2) is 71.3 Å². The summed E-state index contributed by atoms with van der Waals surface area (Å²) in [6.07, 6.45) is 0.688. The van der Waals surface area contributed by atoms with E-state index in [4.69, 9.17) is 9.47 Å². The lowest BCUT2D eigenvalue weighted by molar-refractivity contribution is -0.114. The number of fused-ring (bicyclic) bond motifs is 1. The number of benzene rings is 2. The average Bonchev–Trinajstić information content (AvgIpc) is 3.31. The fraction of sp³-hybridized carbons (Fsp3) is 0.136. The molecule has 0 aliphatic carbocycles. The third-order valence-electron chi connectivity index (χ3n) is 4.37. The van der Waals surface area contributed by atoms with Gasteiger partial charge in [-0.05, 0) is 29.8 Å². The zero-order valence-electron chi connectivity index (χ0n) is 18.3. The highest BCUT2D eigenvalue weighted by Gasteiger charge is 2.14. The first-order valence-electron chi connectivity index (χ1n) is 10.1. The molecule has 0 fully saturated rings. The van der Waals surface area contributed by atoms with Gasteiger partial charge in [-0.3, -0.25) is 4.79 Å². The average molecular weight is 460 g/mol. The zero-order chi connectivity index (χ0) is 23.9. The second kappa shape index (κ2) is 10.2. The highest BCUT2D eigenvalue weighted by molar-refractivity contribution is 5.88. The smallest absolute Gasteiger partial charge is 0.436 e. The van der Waals surface area contributed by atoms with E-state index in [1.54, 1.807) is 24.3 Å². The van der Waals surface area contributed by atoms with Crippen LogP contribution >= 0.6 is 0 Å². The minimum absolute atomic E-state index is 0.0398. The molecule has 2 heterocycles. The summed E-state index contributed by atoms with van der Waals surface area (Å²) in [5, 5.41) is 11.2. The van der Waals surface area contributed by atoms with Gasteiger partial charge in [-0.15, -0.1) is 0 Å². The van der Waals surface area contributed by atoms with E-state index in [2.05, 4.69) is 35.6 Å². The van der Waals surface area contributed by atoms with E-state index in [1.807, 2.05) is 30.3 Å². The zero-order valence-corrected chi connectivity index (χ0v) is 18.3. The number of aromatic nitrogens is 4. The Bertz CT molecular complexity index is 1320. The van der Waals surface area contributed by atoms with Crippen LogP contribution in [-0.2, 0) is 11.4 Å². The van der Waals surface area contributed by atoms with Crippen LogP contribution in [0.4, 0.5) is 16.4 Å². The Balaban J connectivity index is 1.42. The first-order chi connectivity index (χ1) is 16.5. The third-order valence-corrected chi connectivity index (χ3v) is 4.37. The molecule has 34 heavy (non-hydrogen) atoms. The number of amides is 2. The van der Waals surface area contributed by atoms with Crippen LogP contribution in [0.1, 0.15) is 12.5 Å². The largest absolute Gasteiger partial charge is 0.471 e. The minimum Gasteiger partial charge on any atom is -0.471 e. The van der Waals surface area contributed by atoms with Crippen molar-refractivity contribution < 1.29 is 19.1 Å². The van der Waals surface area contributed by atoms with Crippen molar-refractivity contribution in [1.82, 2.24) is 24.9 Å². The molecule has 0 saturated heterocycles. The van der Waals surface area contributed by atoms with E-state index in [9.17, 15) is 9.59 Å². The number of anilines is 1. The SMILES string of the molecule is CC(=O)Nc1ccc(OC(=O)N(C)N=Nc2nc(OCc3ccccc3)c3[nH]cnc3n2)cc1. The lowest BCUT2D eigenvalue weighted by atomic mass is 10.2. The number of rotatable bonds is 7. The summed E-state index contributed by atoms with van der Waals surface area (Å²) in [6, 6.07) is 15.9. The van der Waals surface area contributed by atoms with Gasteiger partial charge < -0.3 is 19.8 Å². The maximum atomic E-state index is 12.3. The summed E-state index contributed by atoms with van der Waals surface area (Å²) in [5.74, 6) is 0.285. The molecule has 4 aromatic rings. The van der Waals surface area contributed by atoms with Gasteiger partial charge in [-0.1, -0.05) is 40.7 Å². The lowest BCUT2D eigenvalue weighted by Gasteiger charge is -2.10. The molecule has 0 radical (unpaired) electrons. The van der Waals surface area contributed by atoms with Gasteiger partial charge >= 0.3 is 6.09 Å². The molecule has 172 valence electrons. The summed E-state index contributed by atoms with van der Waals surface area (Å²) in [5.41, 5.74) is 2.41. The third kappa shape index (κ3) is 5.68. The number of carbonyl (C=O) groups is 2. The molecular weight excluding hydrogens is 440 g/mol.